The number of amides is 2. The average Bonchev–Trinajstić information content (AvgIpc) is 2.19. The number of carbonyl (C=O) groups is 2. The molecule has 8 nitrogen and oxygen atoms in total. The number of hydrogen-bond donors (Lipinski definition) is 3. The second kappa shape index (κ2) is 6.55. The van der Waals surface area contributed by atoms with E-state index in [2.05, 4.69) is 5.32 Å². The summed E-state index contributed by atoms with van der Waals surface area (Å²) in [4.78, 5) is 23.3. The van der Waals surface area contributed by atoms with Gasteiger partial charge in [0, 0.05) is 19.8 Å². The molecule has 0 radical (unpaired) electrons. The molecule has 0 saturated heterocycles. The van der Waals surface area contributed by atoms with E-state index in [1.54, 1.807) is 0 Å². The quantitative estimate of drug-likeness (QED) is 0.545. The summed E-state index contributed by atoms with van der Waals surface area (Å²) in [6.07, 6.45) is -0.219. The van der Waals surface area contributed by atoms with Gasteiger partial charge in [0.2, 0.25) is 0 Å². The molecular weight excluding hydrogens is 264 g/mol. The monoisotopic (exact) mass is 282 g/mol. The van der Waals surface area contributed by atoms with Crippen molar-refractivity contribution in [3.05, 3.63) is 0 Å². The minimum Gasteiger partial charge on any atom is -0.480 e. The van der Waals surface area contributed by atoms with Gasteiger partial charge in [-0.2, -0.15) is 0 Å². The normalized spacial score (nSPS) is 14.7. The van der Waals surface area contributed by atoms with E-state index in [1.807, 2.05) is 0 Å². The van der Waals surface area contributed by atoms with Crippen molar-refractivity contribution in [1.29, 1.82) is 0 Å². The van der Waals surface area contributed by atoms with E-state index in [9.17, 15) is 18.0 Å². The van der Waals surface area contributed by atoms with Crippen molar-refractivity contribution in [2.75, 3.05) is 25.6 Å². The molecule has 18 heavy (non-hydrogen) atoms. The Kier molecular flexibility index (Phi) is 6.06. The Morgan fingerprint density at radius 3 is 2.22 bits per heavy atom. The number of carboxylic acids is 1. The predicted octanol–water partition coefficient (Wildman–Crippen LogP) is -1.49. The van der Waals surface area contributed by atoms with Gasteiger partial charge in [-0.3, -0.25) is 0 Å². The molecule has 3 N–H and O–H groups in total. The minimum atomic E-state index is -3.20. The zero-order chi connectivity index (χ0) is 14.5. The van der Waals surface area contributed by atoms with E-state index < -0.39 is 34.0 Å². The van der Waals surface area contributed by atoms with Crippen LogP contribution in [-0.4, -0.2) is 73.3 Å². The van der Waals surface area contributed by atoms with Crippen LogP contribution in [0.5, 0.6) is 0 Å². The van der Waals surface area contributed by atoms with Gasteiger partial charge in [0.1, 0.15) is 9.84 Å². The van der Waals surface area contributed by atoms with E-state index in [4.69, 9.17) is 10.2 Å². The van der Waals surface area contributed by atoms with Crippen LogP contribution in [0.2, 0.25) is 0 Å². The van der Waals surface area contributed by atoms with Crippen LogP contribution in [0.3, 0.4) is 0 Å². The van der Waals surface area contributed by atoms with Crippen molar-refractivity contribution >= 4 is 21.8 Å². The molecule has 2 atom stereocenters. The van der Waals surface area contributed by atoms with Crippen molar-refractivity contribution in [1.82, 2.24) is 10.2 Å². The largest absolute Gasteiger partial charge is 0.480 e. The van der Waals surface area contributed by atoms with Crippen LogP contribution < -0.4 is 5.32 Å². The van der Waals surface area contributed by atoms with Crippen LogP contribution >= 0.6 is 0 Å². The highest BCUT2D eigenvalue weighted by Crippen LogP contribution is 1.96. The Morgan fingerprint density at radius 1 is 1.39 bits per heavy atom. The molecule has 106 valence electrons. The number of urea groups is 1. The van der Waals surface area contributed by atoms with Gasteiger partial charge < -0.3 is 20.4 Å². The maximum atomic E-state index is 11.5. The number of carbonyl (C=O) groups excluding carboxylic acids is 1. The van der Waals surface area contributed by atoms with Crippen molar-refractivity contribution in [2.24, 2.45) is 0 Å². The van der Waals surface area contributed by atoms with Crippen LogP contribution in [0.4, 0.5) is 4.79 Å². The van der Waals surface area contributed by atoms with E-state index in [0.717, 1.165) is 11.2 Å². The Balaban J connectivity index is 4.43. The van der Waals surface area contributed by atoms with Crippen LogP contribution in [0.15, 0.2) is 0 Å². The van der Waals surface area contributed by atoms with Crippen molar-refractivity contribution < 1.29 is 28.2 Å². The van der Waals surface area contributed by atoms with Gasteiger partial charge in [0.15, 0.2) is 6.04 Å². The van der Waals surface area contributed by atoms with Gasteiger partial charge in [-0.15, -0.1) is 0 Å². The highest BCUT2D eigenvalue weighted by molar-refractivity contribution is 7.90. The zero-order valence-electron chi connectivity index (χ0n) is 10.5. The molecule has 0 fully saturated rings. The first-order valence-electron chi connectivity index (χ1n) is 5.15. The van der Waals surface area contributed by atoms with Gasteiger partial charge in [-0.1, -0.05) is 0 Å². The third-order valence-electron chi connectivity index (χ3n) is 2.17. The SMILES string of the molecule is CC(O)C(NC(=O)N(C)CCS(C)(=O)=O)C(=O)O. The predicted molar refractivity (Wildman–Crippen MR) is 64.0 cm³/mol. The lowest BCUT2D eigenvalue weighted by Gasteiger charge is -2.22. The van der Waals surface area contributed by atoms with Gasteiger partial charge >= 0.3 is 12.0 Å². The van der Waals surface area contributed by atoms with Gasteiger partial charge in [0.05, 0.1) is 11.9 Å². The summed E-state index contributed by atoms with van der Waals surface area (Å²) in [6, 6.07) is -2.19. The fourth-order valence-corrected chi connectivity index (χ4v) is 1.64. The number of aliphatic hydroxyl groups is 1. The second-order valence-corrected chi connectivity index (χ2v) is 6.32. The molecule has 0 bridgehead atoms. The second-order valence-electron chi connectivity index (χ2n) is 4.06. The highest BCUT2D eigenvalue weighted by atomic mass is 32.2. The summed E-state index contributed by atoms with van der Waals surface area (Å²) in [6.45, 7) is 1.17. The van der Waals surface area contributed by atoms with Crippen molar-refractivity contribution in [3.63, 3.8) is 0 Å². The van der Waals surface area contributed by atoms with Crippen LogP contribution in [0, 0.1) is 0 Å². The summed E-state index contributed by atoms with van der Waals surface area (Å²) in [5.74, 6) is -1.58. The molecule has 0 saturated carbocycles. The van der Waals surface area contributed by atoms with E-state index in [1.165, 1.54) is 14.0 Å². The third-order valence-corrected chi connectivity index (χ3v) is 3.10. The number of nitrogens with one attached hydrogen (secondary N) is 1. The van der Waals surface area contributed by atoms with E-state index in [-0.39, 0.29) is 12.3 Å². The lowest BCUT2D eigenvalue weighted by molar-refractivity contribution is -0.141. The molecule has 2 amide bonds. The van der Waals surface area contributed by atoms with Gasteiger partial charge in [-0.05, 0) is 6.92 Å². The number of aliphatic hydroxyl groups excluding tert-OH is 1. The maximum Gasteiger partial charge on any atom is 0.328 e. The highest BCUT2D eigenvalue weighted by Gasteiger charge is 2.26. The zero-order valence-corrected chi connectivity index (χ0v) is 11.3. The molecule has 0 aromatic carbocycles. The number of nitrogens with zero attached hydrogens (tertiary/aromatic N) is 1. The molecule has 9 heteroatoms. The Bertz CT molecular complexity index is 405. The molecule has 0 heterocycles. The average molecular weight is 282 g/mol. The molecule has 0 aromatic heterocycles. The Labute approximate surface area is 106 Å². The lowest BCUT2D eigenvalue weighted by atomic mass is 10.2. The van der Waals surface area contributed by atoms with Gasteiger partial charge in [-0.25, -0.2) is 18.0 Å². The Hall–Kier alpha value is -1.35. The fourth-order valence-electron chi connectivity index (χ4n) is 1.04. The van der Waals surface area contributed by atoms with Crippen molar-refractivity contribution in [2.45, 2.75) is 19.1 Å². The number of aliphatic carboxylic acids is 1. The minimum absolute atomic E-state index is 0.0587. The Morgan fingerprint density at radius 2 is 1.89 bits per heavy atom. The maximum absolute atomic E-state index is 11.5. The summed E-state index contributed by atoms with van der Waals surface area (Å²) >= 11 is 0. The first-order valence-corrected chi connectivity index (χ1v) is 7.21. The molecule has 0 aromatic rings. The van der Waals surface area contributed by atoms with E-state index in [0.29, 0.717) is 0 Å². The molecule has 0 aliphatic carbocycles. The molecule has 0 aliphatic heterocycles. The third kappa shape index (κ3) is 6.40. The number of carboxylic acid groups (broad SMARTS) is 1. The summed E-state index contributed by atoms with van der Waals surface area (Å²) in [7, 11) is -1.87. The smallest absolute Gasteiger partial charge is 0.328 e. The molecule has 0 rings (SSSR count). The molecule has 0 spiro atoms. The number of sulfone groups is 1. The summed E-state index contributed by atoms with van der Waals surface area (Å²) in [5.41, 5.74) is 0. The number of rotatable bonds is 6. The summed E-state index contributed by atoms with van der Waals surface area (Å²) < 4.78 is 21.8. The van der Waals surface area contributed by atoms with Crippen LogP contribution in [-0.2, 0) is 14.6 Å². The first-order chi connectivity index (χ1) is 8.04. The summed E-state index contributed by atoms with van der Waals surface area (Å²) in [5, 5.41) is 20.0. The van der Waals surface area contributed by atoms with Crippen LogP contribution in [0.1, 0.15) is 6.92 Å². The first kappa shape index (κ1) is 16.6. The number of hydrogen-bond acceptors (Lipinski definition) is 5. The van der Waals surface area contributed by atoms with Gasteiger partial charge in [0.25, 0.3) is 0 Å². The standard InChI is InChI=1S/C9H18N2O6S/c1-6(12)7(8(13)14)10-9(15)11(2)4-5-18(3,16)17/h6-7,12H,4-5H2,1-3H3,(H,10,15)(H,13,14). The fraction of sp³-hybridized carbons (Fsp3) is 0.778. The van der Waals surface area contributed by atoms with E-state index >= 15 is 0 Å². The van der Waals surface area contributed by atoms with Crippen molar-refractivity contribution in [3.8, 4) is 0 Å². The molecule has 0 aliphatic rings. The topological polar surface area (TPSA) is 124 Å². The molecule has 2 unspecified atom stereocenters. The van der Waals surface area contributed by atoms with Crippen LogP contribution in [0.25, 0.3) is 0 Å². The lowest BCUT2D eigenvalue weighted by Crippen LogP contribution is -2.52. The molecular formula is C9H18N2O6S.